The van der Waals surface area contributed by atoms with Crippen LogP contribution >= 0.6 is 0 Å². The second-order valence-corrected chi connectivity index (χ2v) is 7.85. The van der Waals surface area contributed by atoms with Crippen LogP contribution in [-0.2, 0) is 14.9 Å². The van der Waals surface area contributed by atoms with Crippen molar-refractivity contribution in [1.82, 2.24) is 10.6 Å². The molecule has 5 nitrogen and oxygen atoms in total. The third-order valence-corrected chi connectivity index (χ3v) is 4.82. The van der Waals surface area contributed by atoms with Crippen molar-refractivity contribution in [3.8, 4) is 5.75 Å². The minimum atomic E-state index is -0.411. The first-order chi connectivity index (χ1) is 11.9. The van der Waals surface area contributed by atoms with Gasteiger partial charge in [-0.2, -0.15) is 0 Å². The number of hydrogen-bond acceptors (Lipinski definition) is 4. The number of ether oxygens (including phenoxy) is 2. The van der Waals surface area contributed by atoms with Gasteiger partial charge in [0.25, 0.3) is 0 Å². The maximum absolute atomic E-state index is 12.6. The van der Waals surface area contributed by atoms with Gasteiger partial charge in [-0.3, -0.25) is 4.79 Å². The summed E-state index contributed by atoms with van der Waals surface area (Å²) in [5, 5.41) is 6.32. The molecule has 0 atom stereocenters. The number of benzene rings is 1. The molecule has 1 aliphatic rings. The van der Waals surface area contributed by atoms with E-state index in [-0.39, 0.29) is 11.3 Å². The number of piperidine rings is 1. The van der Waals surface area contributed by atoms with Gasteiger partial charge in [-0.15, -0.1) is 0 Å². The van der Waals surface area contributed by atoms with Crippen LogP contribution in [-0.4, -0.2) is 45.9 Å². The third kappa shape index (κ3) is 5.44. The van der Waals surface area contributed by atoms with Crippen LogP contribution in [0.1, 0.15) is 39.2 Å². The van der Waals surface area contributed by atoms with Crippen molar-refractivity contribution >= 4 is 5.91 Å². The topological polar surface area (TPSA) is 59.6 Å². The van der Waals surface area contributed by atoms with Crippen LogP contribution in [0.25, 0.3) is 0 Å². The highest BCUT2D eigenvalue weighted by atomic mass is 16.5. The standard InChI is InChI=1S/C20H32N2O3/c1-19(2,3)16-6-5-7-17(14-16)25-13-12-22-18(23)20(15-24-4)8-10-21-11-9-20/h5-7,14,21H,8-13,15H2,1-4H3,(H,22,23). The molecule has 1 aromatic carbocycles. The first-order valence-electron chi connectivity index (χ1n) is 9.09. The van der Waals surface area contributed by atoms with Crippen LogP contribution in [0.3, 0.4) is 0 Å². The van der Waals surface area contributed by atoms with Crippen LogP contribution in [0.4, 0.5) is 0 Å². The SMILES string of the molecule is COCC1(C(=O)NCCOc2cccc(C(C)(C)C)c2)CCNCC1. The number of rotatable bonds is 7. The molecule has 0 spiro atoms. The fourth-order valence-corrected chi connectivity index (χ4v) is 3.19. The monoisotopic (exact) mass is 348 g/mol. The van der Waals surface area contributed by atoms with Crippen molar-refractivity contribution < 1.29 is 14.3 Å². The molecule has 0 saturated carbocycles. The fraction of sp³-hybridized carbons (Fsp3) is 0.650. The Hall–Kier alpha value is -1.59. The molecule has 1 fully saturated rings. The van der Waals surface area contributed by atoms with Crippen molar-refractivity contribution in [3.63, 3.8) is 0 Å². The zero-order valence-electron chi connectivity index (χ0n) is 16.0. The van der Waals surface area contributed by atoms with E-state index in [9.17, 15) is 4.79 Å². The lowest BCUT2D eigenvalue weighted by molar-refractivity contribution is -0.136. The molecule has 2 rings (SSSR count). The summed E-state index contributed by atoms with van der Waals surface area (Å²) < 4.78 is 11.1. The van der Waals surface area contributed by atoms with Gasteiger partial charge in [0.15, 0.2) is 0 Å². The molecular formula is C20H32N2O3. The Labute approximate surface area is 151 Å². The van der Waals surface area contributed by atoms with Crippen molar-refractivity contribution in [3.05, 3.63) is 29.8 Å². The van der Waals surface area contributed by atoms with Crippen molar-refractivity contribution in [2.24, 2.45) is 5.41 Å². The molecule has 0 aromatic heterocycles. The molecule has 25 heavy (non-hydrogen) atoms. The van der Waals surface area contributed by atoms with Gasteiger partial charge < -0.3 is 20.1 Å². The van der Waals surface area contributed by atoms with Crippen molar-refractivity contribution in [2.75, 3.05) is 40.0 Å². The number of amides is 1. The van der Waals surface area contributed by atoms with Crippen molar-refractivity contribution in [2.45, 2.75) is 39.0 Å². The van der Waals surface area contributed by atoms with E-state index in [0.29, 0.717) is 19.8 Å². The van der Waals surface area contributed by atoms with Gasteiger partial charge in [0.2, 0.25) is 5.91 Å². The van der Waals surface area contributed by atoms with Crippen molar-refractivity contribution in [1.29, 1.82) is 0 Å². The normalized spacial score (nSPS) is 17.1. The first-order valence-corrected chi connectivity index (χ1v) is 9.09. The summed E-state index contributed by atoms with van der Waals surface area (Å²) in [6.07, 6.45) is 1.61. The summed E-state index contributed by atoms with van der Waals surface area (Å²) >= 11 is 0. The Morgan fingerprint density at radius 3 is 2.64 bits per heavy atom. The minimum absolute atomic E-state index is 0.0721. The molecule has 0 aliphatic carbocycles. The second kappa shape index (κ2) is 8.68. The molecule has 1 aromatic rings. The zero-order valence-corrected chi connectivity index (χ0v) is 16.0. The molecule has 1 amide bonds. The number of hydrogen-bond donors (Lipinski definition) is 2. The van der Waals surface area contributed by atoms with E-state index in [1.807, 2.05) is 12.1 Å². The van der Waals surface area contributed by atoms with Gasteiger partial charge in [0.1, 0.15) is 12.4 Å². The smallest absolute Gasteiger partial charge is 0.228 e. The fourth-order valence-electron chi connectivity index (χ4n) is 3.19. The highest BCUT2D eigenvalue weighted by Gasteiger charge is 2.39. The van der Waals surface area contributed by atoms with Crippen LogP contribution in [0.2, 0.25) is 0 Å². The molecule has 1 heterocycles. The Kier molecular flexibility index (Phi) is 6.85. The molecule has 140 valence electrons. The molecule has 2 N–H and O–H groups in total. The number of methoxy groups -OCH3 is 1. The summed E-state index contributed by atoms with van der Waals surface area (Å²) in [4.78, 5) is 12.6. The van der Waals surface area contributed by atoms with E-state index in [0.717, 1.165) is 31.7 Å². The quantitative estimate of drug-likeness (QED) is 0.743. The highest BCUT2D eigenvalue weighted by Crippen LogP contribution is 2.29. The predicted octanol–water partition coefficient (Wildman–Crippen LogP) is 2.50. The van der Waals surface area contributed by atoms with E-state index in [1.165, 1.54) is 5.56 Å². The third-order valence-electron chi connectivity index (χ3n) is 4.82. The van der Waals surface area contributed by atoms with Gasteiger partial charge in [0, 0.05) is 7.11 Å². The summed E-state index contributed by atoms with van der Waals surface area (Å²) in [5.41, 5.74) is 0.921. The molecule has 0 radical (unpaired) electrons. The molecule has 0 unspecified atom stereocenters. The lowest BCUT2D eigenvalue weighted by atomic mass is 9.78. The first kappa shape index (κ1) is 19.7. The maximum atomic E-state index is 12.6. The van der Waals surface area contributed by atoms with Gasteiger partial charge in [0.05, 0.1) is 18.6 Å². The van der Waals surface area contributed by atoms with E-state index in [2.05, 4.69) is 43.5 Å². The Bertz CT molecular complexity index is 555. The summed E-state index contributed by atoms with van der Waals surface area (Å²) in [5.74, 6) is 0.915. The van der Waals surface area contributed by atoms with Gasteiger partial charge in [-0.25, -0.2) is 0 Å². The van der Waals surface area contributed by atoms with Gasteiger partial charge in [-0.05, 0) is 49.0 Å². The van der Waals surface area contributed by atoms with E-state index >= 15 is 0 Å². The number of nitrogens with one attached hydrogen (secondary N) is 2. The Morgan fingerprint density at radius 2 is 2.00 bits per heavy atom. The number of carbonyl (C=O) groups excluding carboxylic acids is 1. The summed E-state index contributed by atoms with van der Waals surface area (Å²) in [6.45, 7) is 9.68. The lowest BCUT2D eigenvalue weighted by Gasteiger charge is -2.35. The maximum Gasteiger partial charge on any atom is 0.228 e. The highest BCUT2D eigenvalue weighted by molar-refractivity contribution is 5.83. The minimum Gasteiger partial charge on any atom is -0.492 e. The predicted molar refractivity (Wildman–Crippen MR) is 100 cm³/mol. The van der Waals surface area contributed by atoms with Gasteiger partial charge >= 0.3 is 0 Å². The second-order valence-electron chi connectivity index (χ2n) is 7.85. The molecular weight excluding hydrogens is 316 g/mol. The molecule has 0 bridgehead atoms. The largest absolute Gasteiger partial charge is 0.492 e. The molecule has 1 aliphatic heterocycles. The average molecular weight is 348 g/mol. The van der Waals surface area contributed by atoms with Crippen LogP contribution in [0.5, 0.6) is 5.75 Å². The Balaban J connectivity index is 1.83. The Morgan fingerprint density at radius 1 is 1.28 bits per heavy atom. The average Bonchev–Trinajstić information content (AvgIpc) is 2.59. The summed E-state index contributed by atoms with van der Waals surface area (Å²) in [7, 11) is 1.66. The summed E-state index contributed by atoms with van der Waals surface area (Å²) in [6, 6.07) is 8.15. The molecule has 5 heteroatoms. The molecule has 1 saturated heterocycles. The van der Waals surface area contributed by atoms with E-state index in [4.69, 9.17) is 9.47 Å². The number of carbonyl (C=O) groups is 1. The van der Waals surface area contributed by atoms with Gasteiger partial charge in [-0.1, -0.05) is 32.9 Å². The van der Waals surface area contributed by atoms with E-state index < -0.39 is 5.41 Å². The van der Waals surface area contributed by atoms with Crippen LogP contribution in [0, 0.1) is 5.41 Å². The lowest BCUT2D eigenvalue weighted by Crippen LogP contribution is -2.50. The van der Waals surface area contributed by atoms with Crippen LogP contribution in [0.15, 0.2) is 24.3 Å². The van der Waals surface area contributed by atoms with E-state index in [1.54, 1.807) is 7.11 Å². The van der Waals surface area contributed by atoms with Crippen LogP contribution < -0.4 is 15.4 Å². The zero-order chi connectivity index (χ0) is 18.3.